The molecule has 0 fully saturated rings. The van der Waals surface area contributed by atoms with Gasteiger partial charge in [-0.3, -0.25) is 4.79 Å². The van der Waals surface area contributed by atoms with Crippen LogP contribution in [0.25, 0.3) is 0 Å². The Morgan fingerprint density at radius 1 is 1.12 bits per heavy atom. The Hall–Kier alpha value is -2.22. The van der Waals surface area contributed by atoms with Crippen molar-refractivity contribution in [2.24, 2.45) is 5.92 Å². The van der Waals surface area contributed by atoms with Gasteiger partial charge in [-0.15, -0.1) is 0 Å². The number of hydrogen-bond donors (Lipinski definition) is 0. The summed E-state index contributed by atoms with van der Waals surface area (Å²) in [6.45, 7) is 1.90. The van der Waals surface area contributed by atoms with Crippen molar-refractivity contribution in [2.75, 3.05) is 13.7 Å². The molecule has 0 bridgehead atoms. The van der Waals surface area contributed by atoms with E-state index < -0.39 is 17.8 Å². The largest absolute Gasteiger partial charge is 0.497 e. The summed E-state index contributed by atoms with van der Waals surface area (Å²) in [4.78, 5) is 12.3. The molecule has 25 heavy (non-hydrogen) atoms. The summed E-state index contributed by atoms with van der Waals surface area (Å²) in [6, 6.07) is 14.2. The summed E-state index contributed by atoms with van der Waals surface area (Å²) in [6.07, 6.45) is 0. The summed E-state index contributed by atoms with van der Waals surface area (Å²) in [5.74, 6) is -1.49. The Bertz CT molecular complexity index is 764. The second kappa shape index (κ2) is 8.75. The van der Waals surface area contributed by atoms with E-state index in [1.807, 2.05) is 12.1 Å². The molecular weight excluding hydrogens is 361 g/mol. The van der Waals surface area contributed by atoms with E-state index in [0.717, 1.165) is 5.56 Å². The first-order valence-electron chi connectivity index (χ1n) is 7.66. The van der Waals surface area contributed by atoms with Crippen LogP contribution in [-0.4, -0.2) is 19.7 Å². The summed E-state index contributed by atoms with van der Waals surface area (Å²) in [5, 5.41) is 10.5. The number of esters is 1. The van der Waals surface area contributed by atoms with Crippen molar-refractivity contribution in [3.8, 4) is 11.8 Å². The van der Waals surface area contributed by atoms with Crippen LogP contribution >= 0.6 is 23.2 Å². The number of carbonyl (C=O) groups is 1. The maximum atomic E-state index is 12.3. The van der Waals surface area contributed by atoms with E-state index >= 15 is 0 Å². The lowest BCUT2D eigenvalue weighted by Crippen LogP contribution is -2.24. The number of rotatable bonds is 6. The highest BCUT2D eigenvalue weighted by Gasteiger charge is 2.32. The number of halogens is 2. The Morgan fingerprint density at radius 3 is 2.20 bits per heavy atom. The van der Waals surface area contributed by atoms with Crippen molar-refractivity contribution < 1.29 is 14.3 Å². The molecule has 2 aromatic rings. The zero-order valence-electron chi connectivity index (χ0n) is 13.8. The number of nitrogens with zero attached hydrogens (tertiary/aromatic N) is 1. The van der Waals surface area contributed by atoms with Crippen LogP contribution in [0.15, 0.2) is 42.5 Å². The molecule has 0 radical (unpaired) electrons. The Labute approximate surface area is 156 Å². The number of carbonyl (C=O) groups excluding carboxylic acids is 1. The fourth-order valence-electron chi connectivity index (χ4n) is 2.64. The van der Waals surface area contributed by atoms with E-state index in [4.69, 9.17) is 32.7 Å². The number of methoxy groups -OCH3 is 1. The van der Waals surface area contributed by atoms with Gasteiger partial charge in [-0.05, 0) is 48.4 Å². The second-order valence-electron chi connectivity index (χ2n) is 5.31. The molecule has 0 aromatic heterocycles. The molecule has 130 valence electrons. The molecule has 0 heterocycles. The first-order chi connectivity index (χ1) is 12.0. The van der Waals surface area contributed by atoms with Gasteiger partial charge in [-0.2, -0.15) is 5.26 Å². The van der Waals surface area contributed by atoms with Gasteiger partial charge in [0.2, 0.25) is 0 Å². The van der Waals surface area contributed by atoms with Crippen molar-refractivity contribution >= 4 is 29.2 Å². The van der Waals surface area contributed by atoms with E-state index in [1.165, 1.54) is 0 Å². The second-order valence-corrected chi connectivity index (χ2v) is 6.19. The van der Waals surface area contributed by atoms with Gasteiger partial charge in [-0.25, -0.2) is 0 Å². The standard InChI is InChI=1S/C19H17Cl2NO3/c1-3-25-19(23)17(11-22)18(12-4-6-16(24-2)7-5-12)13-8-14(20)10-15(21)9-13/h4-10,17-18H,3H2,1-2H3. The third-order valence-corrected chi connectivity index (χ3v) is 4.17. The van der Waals surface area contributed by atoms with Gasteiger partial charge in [0, 0.05) is 16.0 Å². The molecule has 4 nitrogen and oxygen atoms in total. The van der Waals surface area contributed by atoms with Crippen LogP contribution < -0.4 is 4.74 Å². The molecule has 0 aliphatic rings. The smallest absolute Gasteiger partial charge is 0.324 e. The van der Waals surface area contributed by atoms with E-state index in [9.17, 15) is 10.1 Å². The zero-order valence-corrected chi connectivity index (χ0v) is 15.3. The molecule has 0 aliphatic heterocycles. The normalized spacial score (nSPS) is 12.8. The van der Waals surface area contributed by atoms with Crippen LogP contribution in [-0.2, 0) is 9.53 Å². The lowest BCUT2D eigenvalue weighted by Gasteiger charge is -2.22. The predicted molar refractivity (Wildman–Crippen MR) is 97.0 cm³/mol. The highest BCUT2D eigenvalue weighted by Crippen LogP contribution is 2.36. The first-order valence-corrected chi connectivity index (χ1v) is 8.42. The average Bonchev–Trinajstić information content (AvgIpc) is 2.59. The predicted octanol–water partition coefficient (Wildman–Crippen LogP) is 4.84. The summed E-state index contributed by atoms with van der Waals surface area (Å²) >= 11 is 12.2. The molecule has 0 saturated carbocycles. The minimum atomic E-state index is -1.03. The summed E-state index contributed by atoms with van der Waals surface area (Å²) in [7, 11) is 1.57. The lowest BCUT2D eigenvalue weighted by molar-refractivity contribution is -0.146. The molecule has 0 amide bonds. The van der Waals surface area contributed by atoms with E-state index in [0.29, 0.717) is 21.4 Å². The van der Waals surface area contributed by atoms with Crippen LogP contribution in [0.5, 0.6) is 5.75 Å². The van der Waals surface area contributed by atoms with E-state index in [-0.39, 0.29) is 6.61 Å². The van der Waals surface area contributed by atoms with Crippen LogP contribution in [0, 0.1) is 17.2 Å². The molecule has 2 rings (SSSR count). The van der Waals surface area contributed by atoms with Crippen LogP contribution in [0.1, 0.15) is 24.0 Å². The maximum Gasteiger partial charge on any atom is 0.324 e. The molecular formula is C19H17Cl2NO3. The SMILES string of the molecule is CCOC(=O)C(C#N)C(c1ccc(OC)cc1)c1cc(Cl)cc(Cl)c1. The van der Waals surface area contributed by atoms with Gasteiger partial charge in [0.05, 0.1) is 19.8 Å². The highest BCUT2D eigenvalue weighted by atomic mass is 35.5. The summed E-state index contributed by atoms with van der Waals surface area (Å²) < 4.78 is 10.2. The fraction of sp³-hybridized carbons (Fsp3) is 0.263. The fourth-order valence-corrected chi connectivity index (χ4v) is 3.18. The monoisotopic (exact) mass is 377 g/mol. The third kappa shape index (κ3) is 4.66. The van der Waals surface area contributed by atoms with Crippen molar-refractivity contribution in [3.05, 3.63) is 63.6 Å². The quantitative estimate of drug-likeness (QED) is 0.675. The molecule has 2 aromatic carbocycles. The van der Waals surface area contributed by atoms with Crippen molar-refractivity contribution in [2.45, 2.75) is 12.8 Å². The molecule has 2 unspecified atom stereocenters. The number of benzene rings is 2. The average molecular weight is 378 g/mol. The molecule has 0 aliphatic carbocycles. The van der Waals surface area contributed by atoms with Crippen molar-refractivity contribution in [1.82, 2.24) is 0 Å². The zero-order chi connectivity index (χ0) is 18.4. The molecule has 0 spiro atoms. The third-order valence-electron chi connectivity index (χ3n) is 3.73. The Balaban J connectivity index is 2.57. The lowest BCUT2D eigenvalue weighted by atomic mass is 9.81. The van der Waals surface area contributed by atoms with Crippen LogP contribution in [0.4, 0.5) is 0 Å². The summed E-state index contributed by atoms with van der Waals surface area (Å²) in [5.41, 5.74) is 1.43. The first kappa shape index (κ1) is 19.1. The van der Waals surface area contributed by atoms with E-state index in [1.54, 1.807) is 44.4 Å². The molecule has 6 heteroatoms. The van der Waals surface area contributed by atoms with Gasteiger partial charge in [0.1, 0.15) is 5.75 Å². The van der Waals surface area contributed by atoms with Crippen molar-refractivity contribution in [3.63, 3.8) is 0 Å². The highest BCUT2D eigenvalue weighted by molar-refractivity contribution is 6.34. The van der Waals surface area contributed by atoms with Gasteiger partial charge in [0.25, 0.3) is 0 Å². The minimum Gasteiger partial charge on any atom is -0.497 e. The Kier molecular flexibility index (Phi) is 6.69. The molecule has 2 atom stereocenters. The topological polar surface area (TPSA) is 59.3 Å². The van der Waals surface area contributed by atoms with Gasteiger partial charge in [-0.1, -0.05) is 35.3 Å². The number of ether oxygens (including phenoxy) is 2. The molecule has 0 saturated heterocycles. The van der Waals surface area contributed by atoms with Crippen LogP contribution in [0.2, 0.25) is 10.0 Å². The minimum absolute atomic E-state index is 0.197. The molecule has 0 N–H and O–H groups in total. The van der Waals surface area contributed by atoms with Crippen molar-refractivity contribution in [1.29, 1.82) is 5.26 Å². The Morgan fingerprint density at radius 2 is 1.72 bits per heavy atom. The van der Waals surface area contributed by atoms with Crippen LogP contribution in [0.3, 0.4) is 0 Å². The number of nitriles is 1. The van der Waals surface area contributed by atoms with Gasteiger partial charge >= 0.3 is 5.97 Å². The maximum absolute atomic E-state index is 12.3. The number of hydrogen-bond acceptors (Lipinski definition) is 4. The van der Waals surface area contributed by atoms with Gasteiger partial charge < -0.3 is 9.47 Å². The van der Waals surface area contributed by atoms with Gasteiger partial charge in [0.15, 0.2) is 5.92 Å². The van der Waals surface area contributed by atoms with E-state index in [2.05, 4.69) is 6.07 Å².